The number of nitrogens with zero attached hydrogens (tertiary/aromatic N) is 3. The number of piperidine rings is 1. The molecule has 2 aliphatic heterocycles. The van der Waals surface area contributed by atoms with Crippen LogP contribution in [0.25, 0.3) is 0 Å². The first kappa shape index (κ1) is 27.5. The minimum absolute atomic E-state index is 0.0430. The van der Waals surface area contributed by atoms with Gasteiger partial charge in [-0.05, 0) is 62.7 Å². The van der Waals surface area contributed by atoms with Crippen molar-refractivity contribution in [2.75, 3.05) is 32.4 Å². The van der Waals surface area contributed by atoms with Crippen molar-refractivity contribution in [1.82, 2.24) is 14.4 Å². The van der Waals surface area contributed by atoms with Crippen LogP contribution in [0, 0.1) is 12.8 Å². The standard InChI is InChI=1S/C26H32F3N3O4S/c1-17(2)16-37(35,36)19-5-6-20(18(3)15-19)24(34)31-11-9-25(10-12-31)22-8-7-21(23(33)26(27,28)29)32(22)14-13-30(25)4/h5-8,15,17H,9-14,16H2,1-4H3/p+1. The Morgan fingerprint density at radius 3 is 2.30 bits per heavy atom. The van der Waals surface area contributed by atoms with E-state index in [4.69, 9.17) is 0 Å². The third-order valence-electron chi connectivity index (χ3n) is 7.57. The lowest BCUT2D eigenvalue weighted by Crippen LogP contribution is -2.56. The Balaban J connectivity index is 1.54. The predicted molar refractivity (Wildman–Crippen MR) is 134 cm³/mol. The maximum atomic E-state index is 13.4. The highest BCUT2D eigenvalue weighted by Crippen LogP contribution is 2.42. The predicted octanol–water partition coefficient (Wildman–Crippen LogP) is 4.61. The van der Waals surface area contributed by atoms with Crippen LogP contribution in [0.2, 0.25) is 0 Å². The summed E-state index contributed by atoms with van der Waals surface area (Å²) in [7, 11) is -1.27. The molecule has 1 aromatic heterocycles. The van der Waals surface area contributed by atoms with Gasteiger partial charge >= 0.3 is 6.18 Å². The van der Waals surface area contributed by atoms with Crippen molar-refractivity contribution in [2.45, 2.75) is 56.8 Å². The van der Waals surface area contributed by atoms with Crippen LogP contribution in [0.5, 0.6) is 0 Å². The molecular formula is C26H33F3N3O4S+. The van der Waals surface area contributed by atoms with E-state index >= 15 is 0 Å². The molecule has 1 saturated heterocycles. The SMILES string of the molecule is Cc1cc([S+](=O)(O)CC(C)C)ccc1C(=O)N1CCC2(CC1)c1ccc(C(=O)C(F)(F)F)n1CCN2C. The van der Waals surface area contributed by atoms with Gasteiger partial charge in [0, 0.05) is 43.4 Å². The average Bonchev–Trinajstić information content (AvgIpc) is 3.24. The molecule has 0 bridgehead atoms. The molecule has 0 saturated carbocycles. The molecule has 1 aromatic carbocycles. The molecule has 0 aliphatic carbocycles. The fraction of sp³-hybridized carbons (Fsp3) is 0.538. The number of ketones is 1. The molecule has 11 heteroatoms. The number of amides is 1. The molecule has 202 valence electrons. The largest absolute Gasteiger partial charge is 0.456 e. The van der Waals surface area contributed by atoms with Gasteiger partial charge in [0.25, 0.3) is 11.7 Å². The van der Waals surface area contributed by atoms with Crippen LogP contribution in [0.3, 0.4) is 0 Å². The summed E-state index contributed by atoms with van der Waals surface area (Å²) in [5.74, 6) is -1.85. The monoisotopic (exact) mass is 540 g/mol. The van der Waals surface area contributed by atoms with Crippen molar-refractivity contribution >= 4 is 21.9 Å². The average molecular weight is 541 g/mol. The fourth-order valence-electron chi connectivity index (χ4n) is 5.63. The van der Waals surface area contributed by atoms with Gasteiger partial charge in [-0.2, -0.15) is 17.7 Å². The summed E-state index contributed by atoms with van der Waals surface area (Å²) in [6, 6.07) is 7.60. The zero-order valence-corrected chi connectivity index (χ0v) is 22.3. The van der Waals surface area contributed by atoms with Crippen molar-refractivity contribution in [1.29, 1.82) is 0 Å². The number of halogens is 3. The highest BCUT2D eigenvalue weighted by Gasteiger charge is 2.48. The molecule has 1 amide bonds. The number of hydrogen-bond donors (Lipinski definition) is 1. The van der Waals surface area contributed by atoms with E-state index in [1.165, 1.54) is 16.7 Å². The van der Waals surface area contributed by atoms with E-state index in [0.717, 1.165) is 0 Å². The molecule has 1 fully saturated rings. The number of carbonyl (C=O) groups excluding carboxylic acids is 2. The Labute approximate surface area is 215 Å². The fourth-order valence-corrected chi connectivity index (χ4v) is 7.37. The third kappa shape index (κ3) is 5.00. The highest BCUT2D eigenvalue weighted by atomic mass is 32.3. The van der Waals surface area contributed by atoms with E-state index in [1.807, 2.05) is 20.9 Å². The van der Waals surface area contributed by atoms with Crippen molar-refractivity contribution < 1.29 is 31.5 Å². The summed E-state index contributed by atoms with van der Waals surface area (Å²) in [4.78, 5) is 29.5. The van der Waals surface area contributed by atoms with Crippen molar-refractivity contribution in [3.8, 4) is 0 Å². The van der Waals surface area contributed by atoms with Crippen LogP contribution in [-0.2, 0) is 26.5 Å². The van der Waals surface area contributed by atoms with Crippen LogP contribution in [0.1, 0.15) is 58.8 Å². The Hall–Kier alpha value is -2.50. The topological polar surface area (TPSA) is 82.9 Å². The van der Waals surface area contributed by atoms with Crippen molar-refractivity contribution in [3.63, 3.8) is 0 Å². The lowest BCUT2D eigenvalue weighted by atomic mass is 9.81. The van der Waals surface area contributed by atoms with Gasteiger partial charge in [-0.1, -0.05) is 18.1 Å². The van der Waals surface area contributed by atoms with Crippen LogP contribution in [0.15, 0.2) is 35.2 Å². The number of likely N-dealkylation sites (tertiary alicyclic amines) is 1. The number of alkyl halides is 3. The van der Waals surface area contributed by atoms with Gasteiger partial charge in [-0.25, -0.2) is 0 Å². The Morgan fingerprint density at radius 2 is 1.73 bits per heavy atom. The minimum Gasteiger partial charge on any atom is -0.339 e. The van der Waals surface area contributed by atoms with Gasteiger partial charge in [0.2, 0.25) is 10.2 Å². The van der Waals surface area contributed by atoms with Gasteiger partial charge in [-0.3, -0.25) is 14.5 Å². The summed E-state index contributed by atoms with van der Waals surface area (Å²) < 4.78 is 64.0. The second-order valence-electron chi connectivity index (χ2n) is 10.5. The molecule has 0 radical (unpaired) electrons. The van der Waals surface area contributed by atoms with Crippen LogP contribution in [0.4, 0.5) is 13.2 Å². The second-order valence-corrected chi connectivity index (χ2v) is 12.6. The van der Waals surface area contributed by atoms with E-state index < -0.39 is 27.7 Å². The highest BCUT2D eigenvalue weighted by molar-refractivity contribution is 7.97. The molecule has 37 heavy (non-hydrogen) atoms. The number of aromatic nitrogens is 1. The number of hydrogen-bond acceptors (Lipinski definition) is 4. The minimum atomic E-state index is -4.94. The lowest BCUT2D eigenvalue weighted by Gasteiger charge is -2.50. The molecule has 2 aromatic rings. The van der Waals surface area contributed by atoms with Gasteiger partial charge in [-0.15, -0.1) is 0 Å². The van der Waals surface area contributed by atoms with Gasteiger partial charge in [0.1, 0.15) is 5.75 Å². The summed E-state index contributed by atoms with van der Waals surface area (Å²) in [6.07, 6.45) is -3.92. The van der Waals surface area contributed by atoms with E-state index in [0.29, 0.717) is 54.2 Å². The number of carbonyl (C=O) groups is 2. The number of fused-ring (bicyclic) bond motifs is 2. The Bertz CT molecular complexity index is 1260. The first-order valence-corrected chi connectivity index (χ1v) is 14.0. The molecule has 1 N–H and O–H groups in total. The number of aryl methyl sites for hydroxylation is 1. The molecular weight excluding hydrogens is 507 g/mol. The van der Waals surface area contributed by atoms with E-state index in [-0.39, 0.29) is 29.8 Å². The first-order valence-electron chi connectivity index (χ1n) is 12.3. The zero-order chi connectivity index (χ0) is 27.3. The smallest absolute Gasteiger partial charge is 0.339 e. The van der Waals surface area contributed by atoms with Crippen LogP contribution >= 0.6 is 0 Å². The van der Waals surface area contributed by atoms with Crippen molar-refractivity contribution in [3.05, 3.63) is 52.8 Å². The summed E-state index contributed by atoms with van der Waals surface area (Å²) in [5, 5.41) is 0. The number of rotatable bonds is 5. The van der Waals surface area contributed by atoms with E-state index in [9.17, 15) is 31.5 Å². The zero-order valence-electron chi connectivity index (χ0n) is 21.5. The summed E-state index contributed by atoms with van der Waals surface area (Å²) in [5.41, 5.74) is 0.828. The van der Waals surface area contributed by atoms with Crippen LogP contribution < -0.4 is 0 Å². The van der Waals surface area contributed by atoms with Gasteiger partial charge < -0.3 is 9.47 Å². The Kier molecular flexibility index (Phi) is 7.19. The lowest BCUT2D eigenvalue weighted by molar-refractivity contribution is -0.0892. The quantitative estimate of drug-likeness (QED) is 0.443. The summed E-state index contributed by atoms with van der Waals surface area (Å²) >= 11 is 0. The van der Waals surface area contributed by atoms with E-state index in [1.54, 1.807) is 30.0 Å². The molecule has 2 aliphatic rings. The molecule has 4 rings (SSSR count). The number of benzene rings is 1. The van der Waals surface area contributed by atoms with Gasteiger partial charge in [0.15, 0.2) is 4.90 Å². The van der Waals surface area contributed by atoms with E-state index in [2.05, 4.69) is 4.90 Å². The first-order chi connectivity index (χ1) is 17.2. The third-order valence-corrected chi connectivity index (χ3v) is 9.68. The second kappa shape index (κ2) is 9.67. The maximum absolute atomic E-state index is 13.4. The normalized spacial score (nSPS) is 19.6. The Morgan fingerprint density at radius 1 is 1.08 bits per heavy atom. The molecule has 7 nitrogen and oxygen atoms in total. The molecule has 1 unspecified atom stereocenters. The summed E-state index contributed by atoms with van der Waals surface area (Å²) in [6.45, 7) is 7.05. The molecule has 3 heterocycles. The van der Waals surface area contributed by atoms with Crippen molar-refractivity contribution in [2.24, 2.45) is 5.92 Å². The van der Waals surface area contributed by atoms with Gasteiger partial charge in [0.05, 0.1) is 11.2 Å². The van der Waals surface area contributed by atoms with Crippen LogP contribution in [-0.4, -0.2) is 69.2 Å². The maximum Gasteiger partial charge on any atom is 0.456 e. The number of Topliss-reactive ketones (excluding diaryl/α,β-unsaturated/α-hetero) is 1. The molecule has 1 spiro atoms. The number of likely N-dealkylation sites (N-methyl/N-ethyl adjacent to an activating group) is 1. The molecule has 1 atom stereocenters.